The molecule has 94 valence electrons. The van der Waals surface area contributed by atoms with Crippen molar-refractivity contribution in [1.82, 2.24) is 5.32 Å². The standard InChI is InChI=1S/C13H26N2O/c1-10(2)12(9-14)15-13(16)8-7-11-5-3-4-6-11/h10-12H,3-9,14H2,1-2H3,(H,15,16). The van der Waals surface area contributed by atoms with Crippen molar-refractivity contribution in [3.05, 3.63) is 0 Å². The predicted molar refractivity (Wildman–Crippen MR) is 67.0 cm³/mol. The average Bonchev–Trinajstić information content (AvgIpc) is 2.75. The second-order valence-electron chi connectivity index (χ2n) is 5.34. The second-order valence-corrected chi connectivity index (χ2v) is 5.34. The number of amides is 1. The van der Waals surface area contributed by atoms with E-state index in [2.05, 4.69) is 19.2 Å². The fourth-order valence-electron chi connectivity index (χ4n) is 2.41. The van der Waals surface area contributed by atoms with Crippen molar-refractivity contribution in [2.75, 3.05) is 6.54 Å². The molecule has 0 heterocycles. The normalized spacial score (nSPS) is 19.0. The maximum Gasteiger partial charge on any atom is 0.220 e. The molecule has 1 aliphatic carbocycles. The number of nitrogens with two attached hydrogens (primary N) is 1. The average molecular weight is 226 g/mol. The van der Waals surface area contributed by atoms with Crippen LogP contribution in [0.1, 0.15) is 52.4 Å². The molecule has 1 atom stereocenters. The highest BCUT2D eigenvalue weighted by Gasteiger charge is 2.18. The molecule has 0 aromatic carbocycles. The lowest BCUT2D eigenvalue weighted by Crippen LogP contribution is -2.43. The van der Waals surface area contributed by atoms with Gasteiger partial charge in [0.05, 0.1) is 0 Å². The van der Waals surface area contributed by atoms with Gasteiger partial charge in [-0.3, -0.25) is 4.79 Å². The van der Waals surface area contributed by atoms with Crippen LogP contribution in [0.3, 0.4) is 0 Å². The van der Waals surface area contributed by atoms with Crippen molar-refractivity contribution in [3.63, 3.8) is 0 Å². The van der Waals surface area contributed by atoms with E-state index in [1.54, 1.807) is 0 Å². The number of nitrogens with one attached hydrogen (secondary N) is 1. The van der Waals surface area contributed by atoms with Gasteiger partial charge < -0.3 is 11.1 Å². The quantitative estimate of drug-likeness (QED) is 0.728. The summed E-state index contributed by atoms with van der Waals surface area (Å²) in [5, 5.41) is 3.03. The molecule has 1 rings (SSSR count). The lowest BCUT2D eigenvalue weighted by Gasteiger charge is -2.20. The molecule has 0 radical (unpaired) electrons. The molecule has 1 unspecified atom stereocenters. The van der Waals surface area contributed by atoms with Gasteiger partial charge in [0.15, 0.2) is 0 Å². The van der Waals surface area contributed by atoms with E-state index in [0.717, 1.165) is 12.3 Å². The topological polar surface area (TPSA) is 55.1 Å². The van der Waals surface area contributed by atoms with E-state index in [-0.39, 0.29) is 11.9 Å². The summed E-state index contributed by atoms with van der Waals surface area (Å²) in [4.78, 5) is 11.7. The summed E-state index contributed by atoms with van der Waals surface area (Å²) in [6.07, 6.45) is 7.07. The van der Waals surface area contributed by atoms with Gasteiger partial charge in [0, 0.05) is 19.0 Å². The third-order valence-electron chi connectivity index (χ3n) is 3.66. The van der Waals surface area contributed by atoms with Gasteiger partial charge in [-0.2, -0.15) is 0 Å². The Balaban J connectivity index is 2.18. The highest BCUT2D eigenvalue weighted by molar-refractivity contribution is 5.76. The Hall–Kier alpha value is -0.570. The Morgan fingerprint density at radius 3 is 2.50 bits per heavy atom. The van der Waals surface area contributed by atoms with E-state index in [0.29, 0.717) is 18.9 Å². The van der Waals surface area contributed by atoms with Crippen LogP contribution >= 0.6 is 0 Å². The summed E-state index contributed by atoms with van der Waals surface area (Å²) in [7, 11) is 0. The molecule has 1 fully saturated rings. The number of hydrogen-bond donors (Lipinski definition) is 2. The van der Waals surface area contributed by atoms with Crippen molar-refractivity contribution >= 4 is 5.91 Å². The maximum atomic E-state index is 11.7. The Labute approximate surface area is 99.2 Å². The van der Waals surface area contributed by atoms with Crippen LogP contribution in [0, 0.1) is 11.8 Å². The van der Waals surface area contributed by atoms with Crippen LogP contribution in [0.25, 0.3) is 0 Å². The van der Waals surface area contributed by atoms with Crippen molar-refractivity contribution in [2.24, 2.45) is 17.6 Å². The summed E-state index contributed by atoms with van der Waals surface area (Å²) >= 11 is 0. The molecule has 16 heavy (non-hydrogen) atoms. The van der Waals surface area contributed by atoms with Crippen molar-refractivity contribution in [3.8, 4) is 0 Å². The summed E-state index contributed by atoms with van der Waals surface area (Å²) in [6, 6.07) is 0.135. The highest BCUT2D eigenvalue weighted by Crippen LogP contribution is 2.28. The van der Waals surface area contributed by atoms with Crippen LogP contribution in [0.4, 0.5) is 0 Å². The number of hydrogen-bond acceptors (Lipinski definition) is 2. The molecule has 3 N–H and O–H groups in total. The zero-order valence-corrected chi connectivity index (χ0v) is 10.7. The van der Waals surface area contributed by atoms with Gasteiger partial charge in [-0.15, -0.1) is 0 Å². The summed E-state index contributed by atoms with van der Waals surface area (Å²) in [5.74, 6) is 1.39. The number of carbonyl (C=O) groups is 1. The molecule has 1 amide bonds. The van der Waals surface area contributed by atoms with E-state index in [1.807, 2.05) is 0 Å². The van der Waals surface area contributed by atoms with Crippen LogP contribution in [0.5, 0.6) is 0 Å². The first kappa shape index (κ1) is 13.5. The minimum absolute atomic E-state index is 0.135. The van der Waals surface area contributed by atoms with Crippen molar-refractivity contribution in [2.45, 2.75) is 58.4 Å². The molecule has 0 aliphatic heterocycles. The lowest BCUT2D eigenvalue weighted by atomic mass is 10.0. The maximum absolute atomic E-state index is 11.7. The fraction of sp³-hybridized carbons (Fsp3) is 0.923. The Kier molecular flexibility index (Phi) is 5.81. The van der Waals surface area contributed by atoms with Gasteiger partial charge in [0.25, 0.3) is 0 Å². The number of rotatable bonds is 6. The minimum atomic E-state index is 0.135. The first-order valence-corrected chi connectivity index (χ1v) is 6.63. The van der Waals surface area contributed by atoms with Crippen LogP contribution in [-0.2, 0) is 4.79 Å². The molecule has 1 aliphatic rings. The molecule has 3 heteroatoms. The van der Waals surface area contributed by atoms with E-state index in [9.17, 15) is 4.79 Å². The Morgan fingerprint density at radius 2 is 2.00 bits per heavy atom. The number of carbonyl (C=O) groups excluding carboxylic acids is 1. The molecule has 0 saturated heterocycles. The summed E-state index contributed by atoms with van der Waals surface area (Å²) in [5.41, 5.74) is 5.63. The molecular formula is C13H26N2O. The molecule has 0 aromatic rings. The third kappa shape index (κ3) is 4.52. The zero-order valence-electron chi connectivity index (χ0n) is 10.7. The van der Waals surface area contributed by atoms with Gasteiger partial charge in [-0.1, -0.05) is 39.5 Å². The third-order valence-corrected chi connectivity index (χ3v) is 3.66. The first-order valence-electron chi connectivity index (χ1n) is 6.63. The Bertz CT molecular complexity index is 210. The van der Waals surface area contributed by atoms with Crippen LogP contribution in [0.2, 0.25) is 0 Å². The molecule has 1 saturated carbocycles. The highest BCUT2D eigenvalue weighted by atomic mass is 16.1. The second kappa shape index (κ2) is 6.89. The van der Waals surface area contributed by atoms with Crippen molar-refractivity contribution < 1.29 is 4.79 Å². The molecular weight excluding hydrogens is 200 g/mol. The molecule has 0 spiro atoms. The minimum Gasteiger partial charge on any atom is -0.352 e. The van der Waals surface area contributed by atoms with Gasteiger partial charge in [-0.25, -0.2) is 0 Å². The van der Waals surface area contributed by atoms with Gasteiger partial charge >= 0.3 is 0 Å². The van der Waals surface area contributed by atoms with Gasteiger partial charge in [0.1, 0.15) is 0 Å². The van der Waals surface area contributed by atoms with E-state index < -0.39 is 0 Å². The Morgan fingerprint density at radius 1 is 1.38 bits per heavy atom. The molecule has 0 aromatic heterocycles. The lowest BCUT2D eigenvalue weighted by molar-refractivity contribution is -0.122. The molecule has 0 bridgehead atoms. The monoisotopic (exact) mass is 226 g/mol. The van der Waals surface area contributed by atoms with E-state index >= 15 is 0 Å². The van der Waals surface area contributed by atoms with Gasteiger partial charge in [0.2, 0.25) is 5.91 Å². The predicted octanol–water partition coefficient (Wildman–Crippen LogP) is 2.06. The summed E-state index contributed by atoms with van der Waals surface area (Å²) < 4.78 is 0. The van der Waals surface area contributed by atoms with Gasteiger partial charge in [-0.05, 0) is 18.3 Å². The van der Waals surface area contributed by atoms with Crippen LogP contribution < -0.4 is 11.1 Å². The van der Waals surface area contributed by atoms with Crippen molar-refractivity contribution in [1.29, 1.82) is 0 Å². The largest absolute Gasteiger partial charge is 0.352 e. The smallest absolute Gasteiger partial charge is 0.220 e. The first-order chi connectivity index (χ1) is 7.63. The van der Waals surface area contributed by atoms with Crippen LogP contribution in [0.15, 0.2) is 0 Å². The molecule has 3 nitrogen and oxygen atoms in total. The SMILES string of the molecule is CC(C)C(CN)NC(=O)CCC1CCCC1. The van der Waals surface area contributed by atoms with Crippen LogP contribution in [-0.4, -0.2) is 18.5 Å². The van der Waals surface area contributed by atoms with E-state index in [1.165, 1.54) is 25.7 Å². The van der Waals surface area contributed by atoms with E-state index in [4.69, 9.17) is 5.73 Å². The fourth-order valence-corrected chi connectivity index (χ4v) is 2.41. The summed E-state index contributed by atoms with van der Waals surface area (Å²) in [6.45, 7) is 4.72. The zero-order chi connectivity index (χ0) is 12.0.